The van der Waals surface area contributed by atoms with Gasteiger partial charge in [-0.3, -0.25) is 19.4 Å². The number of sulfone groups is 1. The number of methoxy groups -OCH3 is 1. The number of nitrogens with two attached hydrogens (primary N) is 1. The van der Waals surface area contributed by atoms with Gasteiger partial charge in [-0.25, -0.2) is 8.42 Å². The summed E-state index contributed by atoms with van der Waals surface area (Å²) < 4.78 is 39.1. The van der Waals surface area contributed by atoms with Crippen LogP contribution in [0.2, 0.25) is 0 Å². The number of fused-ring (bicyclic) bond motifs is 2. The number of unbranched alkanes of at least 4 members (excludes halogenated alkanes) is 1. The lowest BCUT2D eigenvalue weighted by atomic mass is 10.1. The predicted octanol–water partition coefficient (Wildman–Crippen LogP) is 5.97. The van der Waals surface area contributed by atoms with Crippen LogP contribution in [0.4, 0.5) is 22.7 Å². The average Bonchev–Trinajstić information content (AvgIpc) is 3.26. The molecule has 0 aliphatic carbocycles. The third kappa shape index (κ3) is 9.61. The van der Waals surface area contributed by atoms with Crippen LogP contribution in [0.3, 0.4) is 0 Å². The Morgan fingerprint density at radius 1 is 1.00 bits per heavy atom. The van der Waals surface area contributed by atoms with Crippen LogP contribution in [-0.4, -0.2) is 68.1 Å². The Balaban J connectivity index is 0.972. The molecule has 1 atom stereocenters. The maximum atomic E-state index is 14.1. The van der Waals surface area contributed by atoms with Crippen LogP contribution in [0.1, 0.15) is 56.4 Å². The number of aromatic nitrogens is 1. The molecule has 3 amide bonds. The number of ether oxygens (including phenoxy) is 2. The van der Waals surface area contributed by atoms with Crippen LogP contribution in [0, 0.1) is 18.8 Å². The van der Waals surface area contributed by atoms with Gasteiger partial charge in [-0.15, -0.1) is 0 Å². The van der Waals surface area contributed by atoms with E-state index in [-0.39, 0.29) is 51.4 Å². The fourth-order valence-corrected chi connectivity index (χ4v) is 8.24. The number of hydrogen-bond acceptors (Lipinski definition) is 12. The van der Waals surface area contributed by atoms with Crippen molar-refractivity contribution in [3.63, 3.8) is 0 Å². The zero-order valence-corrected chi connectivity index (χ0v) is 34.4. The summed E-state index contributed by atoms with van der Waals surface area (Å²) >= 11 is 0. The van der Waals surface area contributed by atoms with Gasteiger partial charge in [0.15, 0.2) is 6.61 Å². The third-order valence-electron chi connectivity index (χ3n) is 9.91. The fraction of sp³-hybridized carbons (Fsp3) is 0.174. The van der Waals surface area contributed by atoms with E-state index >= 15 is 0 Å². The van der Waals surface area contributed by atoms with E-state index in [2.05, 4.69) is 38.1 Å². The van der Waals surface area contributed by atoms with Crippen LogP contribution in [0.15, 0.2) is 113 Å². The molecule has 6 aromatic rings. The van der Waals surface area contributed by atoms with Crippen LogP contribution in [0.25, 0.3) is 10.9 Å². The molecule has 16 heteroatoms. The molecule has 1 aromatic heterocycles. The Morgan fingerprint density at radius 3 is 2.56 bits per heavy atom. The highest BCUT2D eigenvalue weighted by molar-refractivity contribution is 7.91. The number of anilines is 4. The minimum atomic E-state index is -4.19. The Hall–Kier alpha value is -7.45. The van der Waals surface area contributed by atoms with Gasteiger partial charge in [-0.05, 0) is 98.2 Å². The van der Waals surface area contributed by atoms with Crippen molar-refractivity contribution in [2.24, 2.45) is 5.73 Å². The van der Waals surface area contributed by atoms with Crippen molar-refractivity contribution in [3.05, 3.63) is 131 Å². The molecule has 7 rings (SSSR count). The molecule has 2 heterocycles. The fourth-order valence-electron chi connectivity index (χ4n) is 6.83. The van der Waals surface area contributed by atoms with Crippen molar-refractivity contribution in [1.29, 1.82) is 0 Å². The normalized spacial score (nSPS) is 12.5. The summed E-state index contributed by atoms with van der Waals surface area (Å²) in [5.41, 5.74) is 9.66. The summed E-state index contributed by atoms with van der Waals surface area (Å²) in [6.45, 7) is 2.31. The Labute approximate surface area is 357 Å². The SMILES string of the molecule is COc1cccc(Nc2c(C(N)=O)cnc3c(C)cc(S(=O)(=O)c4cccc(C(=O)Nc5ccc(C#CCCCNCC(O)c6cc(O)cc7c6OCC(=O)N7)cc5)c4)cc23)c1. The summed E-state index contributed by atoms with van der Waals surface area (Å²) in [5.74, 6) is 5.38. The van der Waals surface area contributed by atoms with E-state index in [4.69, 9.17) is 15.2 Å². The number of aliphatic hydroxyl groups excluding tert-OH is 1. The first-order valence-corrected chi connectivity index (χ1v) is 20.9. The highest BCUT2D eigenvalue weighted by Gasteiger charge is 2.25. The highest BCUT2D eigenvalue weighted by Crippen LogP contribution is 2.39. The molecule has 8 N–H and O–H groups in total. The number of carbonyl (C=O) groups is 3. The quantitative estimate of drug-likeness (QED) is 0.0496. The molecular formula is C46H42N6O9S. The van der Waals surface area contributed by atoms with E-state index in [0.29, 0.717) is 70.0 Å². The number of rotatable bonds is 14. The summed E-state index contributed by atoms with van der Waals surface area (Å²) in [5, 5.41) is 32.9. The molecular weight excluding hydrogens is 813 g/mol. The van der Waals surface area contributed by atoms with E-state index < -0.39 is 27.8 Å². The van der Waals surface area contributed by atoms with Gasteiger partial charge in [0.25, 0.3) is 17.7 Å². The molecule has 0 saturated carbocycles. The first-order chi connectivity index (χ1) is 29.8. The van der Waals surface area contributed by atoms with Crippen molar-refractivity contribution < 1.29 is 42.5 Å². The Kier molecular flexibility index (Phi) is 12.7. The number of nitrogens with one attached hydrogen (secondary N) is 4. The molecule has 62 heavy (non-hydrogen) atoms. The lowest BCUT2D eigenvalue weighted by molar-refractivity contribution is -0.118. The number of phenols is 1. The van der Waals surface area contributed by atoms with Crippen LogP contribution >= 0.6 is 0 Å². The maximum Gasteiger partial charge on any atom is 0.262 e. The molecule has 1 unspecified atom stereocenters. The van der Waals surface area contributed by atoms with Crippen molar-refractivity contribution >= 4 is 61.2 Å². The summed E-state index contributed by atoms with van der Waals surface area (Å²) in [6.07, 6.45) is 1.64. The van der Waals surface area contributed by atoms with E-state index in [0.717, 1.165) is 5.56 Å². The number of pyridine rings is 1. The van der Waals surface area contributed by atoms with Gasteiger partial charge in [0, 0.05) is 64.7 Å². The second kappa shape index (κ2) is 18.4. The summed E-state index contributed by atoms with van der Waals surface area (Å²) in [6, 6.07) is 25.4. The monoisotopic (exact) mass is 854 g/mol. The molecule has 0 fully saturated rings. The van der Waals surface area contributed by atoms with E-state index in [1.807, 2.05) is 0 Å². The lowest BCUT2D eigenvalue weighted by Crippen LogP contribution is -2.28. The minimum absolute atomic E-state index is 0.0629. The zero-order valence-electron chi connectivity index (χ0n) is 33.6. The van der Waals surface area contributed by atoms with Gasteiger partial charge in [0.05, 0.1) is 45.5 Å². The number of benzene rings is 5. The lowest BCUT2D eigenvalue weighted by Gasteiger charge is -2.23. The molecule has 0 bridgehead atoms. The number of aromatic hydroxyl groups is 1. The molecule has 316 valence electrons. The Morgan fingerprint density at radius 2 is 1.79 bits per heavy atom. The van der Waals surface area contributed by atoms with Crippen molar-refractivity contribution in [1.82, 2.24) is 10.3 Å². The first-order valence-electron chi connectivity index (χ1n) is 19.4. The summed E-state index contributed by atoms with van der Waals surface area (Å²) in [7, 11) is -2.66. The number of nitrogens with zero attached hydrogens (tertiary/aromatic N) is 1. The van der Waals surface area contributed by atoms with Gasteiger partial charge in [-0.2, -0.15) is 0 Å². The standard InChI is InChI=1S/C46H42N6O9S/c1-27-18-35(23-37-42(27)49-24-38(45(47)56)43(37)50-31-10-7-11-33(20-31)60-2)62(58,59)34-12-6-9-29(19-34)46(57)51-30-15-13-28(14-16-30)8-4-3-5-17-48-25-40(54)36-21-32(53)22-39-44(36)61-26-41(55)52-39/h6-7,9-16,18-24,40,48,53-54H,3,5,17,25-26H2,1-2H3,(H2,47,56)(H,49,50)(H,51,57)(H,52,55). The summed E-state index contributed by atoms with van der Waals surface area (Å²) in [4.78, 5) is 41.8. The molecule has 0 radical (unpaired) electrons. The third-order valence-corrected chi connectivity index (χ3v) is 11.6. The Bertz CT molecular complexity index is 2890. The number of carbonyl (C=O) groups excluding carboxylic acids is 3. The molecule has 1 aliphatic heterocycles. The van der Waals surface area contributed by atoms with Crippen LogP contribution in [-0.2, 0) is 14.6 Å². The number of aliphatic hydroxyl groups is 1. The number of primary amides is 1. The maximum absolute atomic E-state index is 14.1. The number of amides is 3. The second-order valence-electron chi connectivity index (χ2n) is 14.3. The highest BCUT2D eigenvalue weighted by atomic mass is 32.2. The molecule has 1 aliphatic rings. The van der Waals surface area contributed by atoms with Crippen LogP contribution < -0.4 is 36.5 Å². The van der Waals surface area contributed by atoms with Crippen LogP contribution in [0.5, 0.6) is 17.2 Å². The molecule has 0 spiro atoms. The van der Waals surface area contributed by atoms with E-state index in [1.54, 1.807) is 55.5 Å². The smallest absolute Gasteiger partial charge is 0.262 e. The zero-order chi connectivity index (χ0) is 44.0. The van der Waals surface area contributed by atoms with Gasteiger partial charge >= 0.3 is 0 Å². The molecule has 5 aromatic carbocycles. The van der Waals surface area contributed by atoms with Crippen molar-refractivity contribution in [2.45, 2.75) is 35.7 Å². The predicted molar refractivity (Wildman–Crippen MR) is 234 cm³/mol. The van der Waals surface area contributed by atoms with Gasteiger partial charge in [-0.1, -0.05) is 24.0 Å². The van der Waals surface area contributed by atoms with E-state index in [1.165, 1.54) is 61.8 Å². The van der Waals surface area contributed by atoms with Gasteiger partial charge in [0.2, 0.25) is 9.84 Å². The topological polar surface area (TPSA) is 231 Å². The average molecular weight is 855 g/mol. The number of aryl methyl sites for hydroxylation is 1. The van der Waals surface area contributed by atoms with Crippen molar-refractivity contribution in [2.75, 3.05) is 42.8 Å². The molecule has 15 nitrogen and oxygen atoms in total. The van der Waals surface area contributed by atoms with Gasteiger partial charge < -0.3 is 46.7 Å². The van der Waals surface area contributed by atoms with E-state index in [9.17, 15) is 33.0 Å². The number of hydrogen-bond donors (Lipinski definition) is 7. The minimum Gasteiger partial charge on any atom is -0.508 e. The molecule has 0 saturated heterocycles. The first kappa shape index (κ1) is 42.7. The van der Waals surface area contributed by atoms with Gasteiger partial charge in [0.1, 0.15) is 17.2 Å². The van der Waals surface area contributed by atoms with Crippen molar-refractivity contribution in [3.8, 4) is 29.1 Å². The largest absolute Gasteiger partial charge is 0.508 e. The second-order valence-corrected chi connectivity index (χ2v) is 16.3. The number of phenolic OH excluding ortho intramolecular Hbond substituents is 1.